The van der Waals surface area contributed by atoms with Crippen LogP contribution in [0, 0.1) is 0 Å². The zero-order chi connectivity index (χ0) is 18.1. The van der Waals surface area contributed by atoms with Gasteiger partial charge in [-0.15, -0.1) is 0 Å². The molecule has 0 aliphatic heterocycles. The maximum Gasteiger partial charge on any atom is 0.335 e. The lowest BCUT2D eigenvalue weighted by atomic mass is 10.2. The van der Waals surface area contributed by atoms with Crippen molar-refractivity contribution in [3.63, 3.8) is 0 Å². The van der Waals surface area contributed by atoms with E-state index in [0.29, 0.717) is 11.5 Å². The van der Waals surface area contributed by atoms with Crippen molar-refractivity contribution >= 4 is 44.4 Å². The number of benzene rings is 2. The number of anilines is 2. The molecule has 0 aliphatic rings. The highest BCUT2D eigenvalue weighted by atomic mass is 79.9. The van der Waals surface area contributed by atoms with Crippen LogP contribution >= 0.6 is 15.9 Å². The number of carboxylic acids is 1. The maximum atomic E-state index is 11.0. The average Bonchev–Trinajstić information content (AvgIpc) is 3.07. The highest BCUT2D eigenvalue weighted by Crippen LogP contribution is 2.25. The summed E-state index contributed by atoms with van der Waals surface area (Å²) < 4.78 is 2.69. The third-order valence-electron chi connectivity index (χ3n) is 3.81. The average molecular weight is 410 g/mol. The van der Waals surface area contributed by atoms with Crippen molar-refractivity contribution < 1.29 is 9.90 Å². The fourth-order valence-corrected chi connectivity index (χ4v) is 2.96. The number of hydrogen-bond donors (Lipinski definition) is 2. The smallest absolute Gasteiger partial charge is 0.335 e. The van der Waals surface area contributed by atoms with Gasteiger partial charge in [-0.05, 0) is 42.5 Å². The number of aromatic nitrogens is 4. The Kier molecular flexibility index (Phi) is 4.10. The van der Waals surface area contributed by atoms with E-state index in [9.17, 15) is 4.79 Å². The summed E-state index contributed by atoms with van der Waals surface area (Å²) >= 11 is 3.46. The van der Waals surface area contributed by atoms with Crippen molar-refractivity contribution in [2.75, 3.05) is 5.32 Å². The predicted octanol–water partition coefficient (Wildman–Crippen LogP) is 4.02. The van der Waals surface area contributed by atoms with Gasteiger partial charge in [0, 0.05) is 10.2 Å². The van der Waals surface area contributed by atoms with Gasteiger partial charge in [-0.1, -0.05) is 22.0 Å². The summed E-state index contributed by atoms with van der Waals surface area (Å²) in [6.45, 7) is 0. The molecule has 0 fully saturated rings. The Morgan fingerprint density at radius 1 is 1.12 bits per heavy atom. The number of rotatable bonds is 4. The molecule has 2 heterocycles. The first-order valence-corrected chi connectivity index (χ1v) is 8.46. The molecule has 0 atom stereocenters. The van der Waals surface area contributed by atoms with Gasteiger partial charge < -0.3 is 10.4 Å². The summed E-state index contributed by atoms with van der Waals surface area (Å²) in [6, 6.07) is 14.2. The van der Waals surface area contributed by atoms with Gasteiger partial charge in [-0.3, -0.25) is 0 Å². The molecule has 0 amide bonds. The highest BCUT2D eigenvalue weighted by molar-refractivity contribution is 9.10. The maximum absolute atomic E-state index is 11.0. The molecule has 26 heavy (non-hydrogen) atoms. The molecule has 0 radical (unpaired) electrons. The van der Waals surface area contributed by atoms with Crippen molar-refractivity contribution in [2.45, 2.75) is 0 Å². The summed E-state index contributed by atoms with van der Waals surface area (Å²) in [7, 11) is 0. The van der Waals surface area contributed by atoms with Crippen LogP contribution in [0.3, 0.4) is 0 Å². The Bertz CT molecular complexity index is 1110. The van der Waals surface area contributed by atoms with Gasteiger partial charge in [0.2, 0.25) is 0 Å². The largest absolute Gasteiger partial charge is 0.478 e. The molecular formula is C18H12BrN5O2. The topological polar surface area (TPSA) is 92.9 Å². The molecule has 0 saturated carbocycles. The number of aromatic carboxylic acids is 1. The molecule has 0 spiro atoms. The third-order valence-corrected chi connectivity index (χ3v) is 4.31. The van der Waals surface area contributed by atoms with Crippen LogP contribution in [-0.2, 0) is 0 Å². The molecule has 0 saturated heterocycles. The lowest BCUT2D eigenvalue weighted by Crippen LogP contribution is -2.00. The highest BCUT2D eigenvalue weighted by Gasteiger charge is 2.12. The van der Waals surface area contributed by atoms with Crippen LogP contribution in [0.15, 0.2) is 65.5 Å². The monoisotopic (exact) mass is 409 g/mol. The first-order valence-electron chi connectivity index (χ1n) is 7.67. The summed E-state index contributed by atoms with van der Waals surface area (Å²) in [5.41, 5.74) is 2.50. The van der Waals surface area contributed by atoms with E-state index in [1.807, 2.05) is 24.3 Å². The van der Waals surface area contributed by atoms with Crippen molar-refractivity contribution in [1.29, 1.82) is 0 Å². The number of nitrogens with zero attached hydrogens (tertiary/aromatic N) is 4. The predicted molar refractivity (Wildman–Crippen MR) is 101 cm³/mol. The van der Waals surface area contributed by atoms with Crippen LogP contribution in [-0.4, -0.2) is 30.8 Å². The molecular weight excluding hydrogens is 398 g/mol. The molecule has 8 heteroatoms. The molecule has 2 aromatic heterocycles. The van der Waals surface area contributed by atoms with E-state index in [4.69, 9.17) is 5.11 Å². The van der Waals surface area contributed by atoms with Crippen LogP contribution in [0.2, 0.25) is 0 Å². The number of halogens is 1. The zero-order valence-corrected chi connectivity index (χ0v) is 14.9. The summed E-state index contributed by atoms with van der Waals surface area (Å²) in [4.78, 5) is 19.6. The van der Waals surface area contributed by atoms with Gasteiger partial charge in [0.25, 0.3) is 0 Å². The Balaban J connectivity index is 1.72. The van der Waals surface area contributed by atoms with Crippen molar-refractivity contribution in [3.8, 4) is 5.69 Å². The van der Waals surface area contributed by atoms with Gasteiger partial charge in [-0.25, -0.2) is 19.4 Å². The number of fused-ring (bicyclic) bond motifs is 1. The van der Waals surface area contributed by atoms with Crippen molar-refractivity contribution in [3.05, 3.63) is 71.1 Å². The van der Waals surface area contributed by atoms with Crippen LogP contribution in [0.1, 0.15) is 10.4 Å². The number of carboxylic acid groups (broad SMARTS) is 1. The molecule has 128 valence electrons. The van der Waals surface area contributed by atoms with Gasteiger partial charge in [0.05, 0.1) is 22.8 Å². The zero-order valence-electron chi connectivity index (χ0n) is 13.3. The minimum atomic E-state index is -0.962. The van der Waals surface area contributed by atoms with Crippen molar-refractivity contribution in [1.82, 2.24) is 19.7 Å². The SMILES string of the molecule is O=C(O)c1ccc(Nc2ncnc3c2cnn3-c2cccc(Br)c2)cc1. The van der Waals surface area contributed by atoms with Crippen LogP contribution < -0.4 is 5.32 Å². The first kappa shape index (κ1) is 16.2. The second-order valence-electron chi connectivity index (χ2n) is 5.50. The molecule has 4 rings (SSSR count). The fraction of sp³-hybridized carbons (Fsp3) is 0. The van der Waals surface area contributed by atoms with E-state index >= 15 is 0 Å². The summed E-state index contributed by atoms with van der Waals surface area (Å²) in [5, 5.41) is 17.3. The molecule has 2 N–H and O–H groups in total. The molecule has 2 aromatic carbocycles. The third kappa shape index (κ3) is 3.02. The van der Waals surface area contributed by atoms with Crippen molar-refractivity contribution in [2.24, 2.45) is 0 Å². The van der Waals surface area contributed by atoms with Gasteiger partial charge >= 0.3 is 5.97 Å². The number of carbonyl (C=O) groups is 1. The van der Waals surface area contributed by atoms with Crippen LogP contribution in [0.4, 0.5) is 11.5 Å². The lowest BCUT2D eigenvalue weighted by molar-refractivity contribution is 0.0697. The first-order chi connectivity index (χ1) is 12.6. The molecule has 4 aromatic rings. The van der Waals surface area contributed by atoms with E-state index in [1.54, 1.807) is 23.0 Å². The molecule has 0 aliphatic carbocycles. The minimum Gasteiger partial charge on any atom is -0.478 e. The summed E-state index contributed by atoms with van der Waals surface area (Å²) in [5.74, 6) is -0.365. The summed E-state index contributed by atoms with van der Waals surface area (Å²) in [6.07, 6.45) is 3.16. The number of hydrogen-bond acceptors (Lipinski definition) is 5. The minimum absolute atomic E-state index is 0.228. The van der Waals surface area contributed by atoms with Gasteiger partial charge in [-0.2, -0.15) is 5.10 Å². The number of nitrogens with one attached hydrogen (secondary N) is 1. The standard InChI is InChI=1S/C18H12BrN5O2/c19-12-2-1-3-14(8-12)24-17-15(9-22-24)16(20-10-21-17)23-13-6-4-11(5-7-13)18(25)26/h1-10H,(H,25,26)(H,20,21,23). The van der Waals surface area contributed by atoms with E-state index < -0.39 is 5.97 Å². The second kappa shape index (κ2) is 6.57. The Hall–Kier alpha value is -3.26. The van der Waals surface area contributed by atoms with Gasteiger partial charge in [0.15, 0.2) is 5.65 Å². The Morgan fingerprint density at radius 2 is 1.92 bits per heavy atom. The van der Waals surface area contributed by atoms with Gasteiger partial charge in [0.1, 0.15) is 12.1 Å². The van der Waals surface area contributed by atoms with E-state index in [2.05, 4.69) is 36.3 Å². The Labute approximate surface area is 156 Å². The second-order valence-corrected chi connectivity index (χ2v) is 6.42. The lowest BCUT2D eigenvalue weighted by Gasteiger charge is -2.07. The van der Waals surface area contributed by atoms with E-state index in [1.165, 1.54) is 18.5 Å². The Morgan fingerprint density at radius 3 is 2.65 bits per heavy atom. The molecule has 0 bridgehead atoms. The molecule has 0 unspecified atom stereocenters. The van der Waals surface area contributed by atoms with Crippen LogP contribution in [0.5, 0.6) is 0 Å². The quantitative estimate of drug-likeness (QED) is 0.528. The van der Waals surface area contributed by atoms with E-state index in [-0.39, 0.29) is 5.56 Å². The molecule has 7 nitrogen and oxygen atoms in total. The fourth-order valence-electron chi connectivity index (χ4n) is 2.57. The van der Waals surface area contributed by atoms with Crippen LogP contribution in [0.25, 0.3) is 16.7 Å². The van der Waals surface area contributed by atoms with E-state index in [0.717, 1.165) is 21.2 Å². The normalized spacial score (nSPS) is 10.8.